The first kappa shape index (κ1) is 7.76. The van der Waals surface area contributed by atoms with Crippen molar-refractivity contribution in [1.82, 2.24) is 0 Å². The third-order valence-corrected chi connectivity index (χ3v) is 1.04. The fourth-order valence-corrected chi connectivity index (χ4v) is 0.503. The Morgan fingerprint density at radius 2 is 2.22 bits per heavy atom. The maximum absolute atomic E-state index is 8.13. The first-order chi connectivity index (χ1) is 4.20. The van der Waals surface area contributed by atoms with E-state index in [4.69, 9.17) is 21.8 Å². The van der Waals surface area contributed by atoms with Crippen LogP contribution in [0.4, 0.5) is 0 Å². The number of nitriles is 1. The van der Waals surface area contributed by atoms with Crippen LogP contribution in [0.2, 0.25) is 0 Å². The summed E-state index contributed by atoms with van der Waals surface area (Å²) in [5, 5.41) is 21.1. The van der Waals surface area contributed by atoms with Crippen molar-refractivity contribution < 1.29 is 0 Å². The molecule has 0 atom stereocenters. The summed E-state index contributed by atoms with van der Waals surface area (Å²) in [7, 11) is 0. The number of hydrogen-bond acceptors (Lipinski definition) is 4. The molecule has 5 heteroatoms. The zero-order valence-corrected chi connectivity index (χ0v) is 5.25. The molecule has 4 nitrogen and oxygen atoms in total. The smallest absolute Gasteiger partial charge is 0.157 e. The van der Waals surface area contributed by atoms with Crippen LogP contribution >= 0.6 is 11.8 Å². The number of allylic oxidation sites excluding steroid dienone is 1. The van der Waals surface area contributed by atoms with Gasteiger partial charge in [-0.1, -0.05) is 0 Å². The summed E-state index contributed by atoms with van der Waals surface area (Å²) in [6.07, 6.45) is 0. The molecule has 0 unspecified atom stereocenters. The molecule has 0 fully saturated rings. The van der Waals surface area contributed by atoms with Crippen LogP contribution in [0.25, 0.3) is 0 Å². The SMILES string of the molecule is N#CC(=C=N)SC(=N)N. The minimum atomic E-state index is -0.202. The van der Waals surface area contributed by atoms with Gasteiger partial charge in [0, 0.05) is 5.87 Å². The van der Waals surface area contributed by atoms with Crippen molar-refractivity contribution in [2.24, 2.45) is 5.73 Å². The average molecular weight is 140 g/mol. The number of thioether (sulfide) groups is 1. The normalized spacial score (nSPS) is 7.00. The van der Waals surface area contributed by atoms with Gasteiger partial charge < -0.3 is 5.73 Å². The molecule has 0 aromatic rings. The van der Waals surface area contributed by atoms with Gasteiger partial charge in [-0.25, -0.2) is 0 Å². The number of amidine groups is 1. The molecule has 0 aliphatic rings. The topological polar surface area (TPSA) is 97.5 Å². The lowest BCUT2D eigenvalue weighted by molar-refractivity contribution is 1.50. The van der Waals surface area contributed by atoms with Gasteiger partial charge in [0.1, 0.15) is 6.07 Å². The second-order valence-corrected chi connectivity index (χ2v) is 2.08. The van der Waals surface area contributed by atoms with E-state index >= 15 is 0 Å². The van der Waals surface area contributed by atoms with Gasteiger partial charge in [-0.2, -0.15) is 5.26 Å². The lowest BCUT2D eigenvalue weighted by atomic mass is 10.7. The Labute approximate surface area is 56.4 Å². The maximum Gasteiger partial charge on any atom is 0.157 e. The summed E-state index contributed by atoms with van der Waals surface area (Å²) in [4.78, 5) is 0.00231. The molecule has 0 spiro atoms. The summed E-state index contributed by atoms with van der Waals surface area (Å²) >= 11 is 0.718. The number of hydrogen-bond donors (Lipinski definition) is 3. The van der Waals surface area contributed by atoms with E-state index < -0.39 is 0 Å². The van der Waals surface area contributed by atoms with Crippen LogP contribution in [0.1, 0.15) is 0 Å². The fraction of sp³-hybridized carbons (Fsp3) is 0. The number of nitrogens with one attached hydrogen (secondary N) is 2. The Bertz CT molecular complexity index is 207. The molecule has 0 amide bonds. The average Bonchev–Trinajstić information content (AvgIpc) is 1.82. The number of nitrogens with zero attached hydrogens (tertiary/aromatic N) is 1. The van der Waals surface area contributed by atoms with E-state index in [1.165, 1.54) is 0 Å². The molecule has 0 heterocycles. The number of rotatable bonds is 1. The first-order valence-electron chi connectivity index (χ1n) is 1.92. The van der Waals surface area contributed by atoms with Gasteiger partial charge in [0.2, 0.25) is 0 Å². The van der Waals surface area contributed by atoms with E-state index in [2.05, 4.69) is 0 Å². The van der Waals surface area contributed by atoms with Crippen molar-refractivity contribution in [2.45, 2.75) is 0 Å². The molecule has 0 bridgehead atoms. The molecule has 46 valence electrons. The monoisotopic (exact) mass is 140 g/mol. The molecule has 0 aliphatic carbocycles. The van der Waals surface area contributed by atoms with E-state index in [0.29, 0.717) is 0 Å². The quantitative estimate of drug-likeness (QED) is 0.277. The van der Waals surface area contributed by atoms with E-state index in [9.17, 15) is 0 Å². The summed E-state index contributed by atoms with van der Waals surface area (Å²) in [5.41, 5.74) is 4.90. The van der Waals surface area contributed by atoms with Crippen LogP contribution in [-0.4, -0.2) is 11.0 Å². The molecule has 0 aromatic carbocycles. The molecule has 0 radical (unpaired) electrons. The van der Waals surface area contributed by atoms with E-state index in [1.54, 1.807) is 6.07 Å². The van der Waals surface area contributed by atoms with E-state index in [-0.39, 0.29) is 10.1 Å². The van der Waals surface area contributed by atoms with Crippen LogP contribution in [0.15, 0.2) is 4.91 Å². The van der Waals surface area contributed by atoms with Crippen molar-refractivity contribution in [3.05, 3.63) is 4.91 Å². The highest BCUT2D eigenvalue weighted by atomic mass is 32.2. The molecule has 9 heavy (non-hydrogen) atoms. The van der Waals surface area contributed by atoms with Crippen molar-refractivity contribution in [3.8, 4) is 6.07 Å². The molecular weight excluding hydrogens is 136 g/mol. The summed E-state index contributed by atoms with van der Waals surface area (Å²) in [5.74, 6) is 1.83. The largest absolute Gasteiger partial charge is 0.378 e. The molecule has 4 N–H and O–H groups in total. The Balaban J connectivity index is 4.08. The highest BCUT2D eigenvalue weighted by Gasteiger charge is 1.95. The third-order valence-electron chi connectivity index (χ3n) is 0.427. The van der Waals surface area contributed by atoms with Gasteiger partial charge in [0.15, 0.2) is 10.1 Å². The summed E-state index contributed by atoms with van der Waals surface area (Å²) in [6.45, 7) is 0. The molecule has 0 saturated carbocycles. The molecule has 0 aliphatic heterocycles. The zero-order chi connectivity index (χ0) is 7.28. The summed E-state index contributed by atoms with van der Waals surface area (Å²) < 4.78 is 0. The fourth-order valence-electron chi connectivity index (χ4n) is 0.186. The van der Waals surface area contributed by atoms with Gasteiger partial charge >= 0.3 is 0 Å². The van der Waals surface area contributed by atoms with E-state index in [0.717, 1.165) is 11.8 Å². The van der Waals surface area contributed by atoms with Crippen molar-refractivity contribution in [2.75, 3.05) is 0 Å². The Hall–Kier alpha value is -1.24. The predicted molar refractivity (Wildman–Crippen MR) is 36.4 cm³/mol. The Morgan fingerprint density at radius 3 is 2.33 bits per heavy atom. The van der Waals surface area contributed by atoms with Crippen LogP contribution in [0.5, 0.6) is 0 Å². The van der Waals surface area contributed by atoms with E-state index in [1.807, 2.05) is 5.87 Å². The van der Waals surface area contributed by atoms with Crippen molar-refractivity contribution in [1.29, 1.82) is 16.1 Å². The third kappa shape index (κ3) is 3.35. The van der Waals surface area contributed by atoms with Gasteiger partial charge in [0.25, 0.3) is 0 Å². The minimum absolute atomic E-state index is 0.00231. The standard InChI is InChI=1S/C4H4N4S/c5-1-3(2-6)9-4(7)8/h5H,(H3,7,8). The van der Waals surface area contributed by atoms with Gasteiger partial charge in [-0.3, -0.25) is 10.8 Å². The zero-order valence-electron chi connectivity index (χ0n) is 4.43. The lowest BCUT2D eigenvalue weighted by Crippen LogP contribution is -2.03. The van der Waals surface area contributed by atoms with Gasteiger partial charge in [-0.05, 0) is 11.8 Å². The van der Waals surface area contributed by atoms with Gasteiger partial charge in [-0.15, -0.1) is 0 Å². The molecule has 0 aromatic heterocycles. The molecular formula is C4H4N4S. The summed E-state index contributed by atoms with van der Waals surface area (Å²) in [6, 6.07) is 1.64. The first-order valence-corrected chi connectivity index (χ1v) is 2.74. The van der Waals surface area contributed by atoms with Crippen LogP contribution in [-0.2, 0) is 0 Å². The van der Waals surface area contributed by atoms with Crippen LogP contribution < -0.4 is 5.73 Å². The highest BCUT2D eigenvalue weighted by Crippen LogP contribution is 2.08. The van der Waals surface area contributed by atoms with Gasteiger partial charge in [0.05, 0.1) is 0 Å². The molecule has 0 rings (SSSR count). The Kier molecular flexibility index (Phi) is 3.21. The second kappa shape index (κ2) is 3.72. The predicted octanol–water partition coefficient (Wildman–Crippen LogP) is 0.269. The van der Waals surface area contributed by atoms with Crippen LogP contribution in [0, 0.1) is 22.1 Å². The number of nitrogens with two attached hydrogens (primary N) is 1. The van der Waals surface area contributed by atoms with Crippen LogP contribution in [0.3, 0.4) is 0 Å². The highest BCUT2D eigenvalue weighted by molar-refractivity contribution is 8.17. The lowest BCUT2D eigenvalue weighted by Gasteiger charge is -1.87. The second-order valence-electron chi connectivity index (χ2n) is 1.03. The maximum atomic E-state index is 8.13. The van der Waals surface area contributed by atoms with Crippen molar-refractivity contribution in [3.63, 3.8) is 0 Å². The minimum Gasteiger partial charge on any atom is -0.378 e. The Morgan fingerprint density at radius 1 is 1.67 bits per heavy atom. The van der Waals surface area contributed by atoms with Crippen molar-refractivity contribution >= 4 is 22.8 Å². The molecule has 0 saturated heterocycles.